The molecule has 5 nitrogen and oxygen atoms in total. The molecule has 5 heteroatoms. The molecule has 14 heavy (non-hydrogen) atoms. The van der Waals surface area contributed by atoms with E-state index in [0.29, 0.717) is 5.56 Å². The summed E-state index contributed by atoms with van der Waals surface area (Å²) in [5.74, 6) is -0.907. The minimum atomic E-state index is -0.758. The lowest BCUT2D eigenvalue weighted by atomic mass is 10.1. The highest BCUT2D eigenvalue weighted by molar-refractivity contribution is 5.99. The molecule has 0 aromatic heterocycles. The van der Waals surface area contributed by atoms with Gasteiger partial charge in [-0.1, -0.05) is 0 Å². The van der Waals surface area contributed by atoms with Gasteiger partial charge in [-0.05, 0) is 31.5 Å². The van der Waals surface area contributed by atoms with E-state index in [1.54, 1.807) is 6.92 Å². The molecule has 0 radical (unpaired) electrons. The van der Waals surface area contributed by atoms with E-state index in [1.807, 2.05) is 0 Å². The van der Waals surface area contributed by atoms with Gasteiger partial charge in [-0.3, -0.25) is 14.9 Å². The molecule has 1 N–H and O–H groups in total. The van der Waals surface area contributed by atoms with Gasteiger partial charge in [-0.15, -0.1) is 0 Å². The SMILES string of the molecule is CC(=O)c1cc(C)cc(O)c1[N+](=O)[O-]. The van der Waals surface area contributed by atoms with Crippen LogP contribution in [0.2, 0.25) is 0 Å². The summed E-state index contributed by atoms with van der Waals surface area (Å²) in [5.41, 5.74) is 0.0221. The van der Waals surface area contributed by atoms with Gasteiger partial charge in [-0.2, -0.15) is 0 Å². The van der Waals surface area contributed by atoms with E-state index in [9.17, 15) is 20.0 Å². The lowest BCUT2D eigenvalue weighted by Crippen LogP contribution is -2.01. The number of phenols is 1. The number of nitro benzene ring substituents is 1. The van der Waals surface area contributed by atoms with Gasteiger partial charge in [0.15, 0.2) is 11.5 Å². The van der Waals surface area contributed by atoms with Gasteiger partial charge in [0.2, 0.25) is 0 Å². The third-order valence-corrected chi connectivity index (χ3v) is 1.80. The van der Waals surface area contributed by atoms with E-state index >= 15 is 0 Å². The number of aryl methyl sites for hydroxylation is 1. The van der Waals surface area contributed by atoms with Gasteiger partial charge in [0.1, 0.15) is 0 Å². The van der Waals surface area contributed by atoms with Crippen molar-refractivity contribution in [3.8, 4) is 5.75 Å². The normalized spacial score (nSPS) is 9.86. The van der Waals surface area contributed by atoms with E-state index in [2.05, 4.69) is 0 Å². The fourth-order valence-corrected chi connectivity index (χ4v) is 1.22. The fourth-order valence-electron chi connectivity index (χ4n) is 1.22. The molecule has 1 rings (SSSR count). The molecule has 0 aliphatic carbocycles. The molecule has 0 bridgehead atoms. The first-order valence-electron chi connectivity index (χ1n) is 3.92. The van der Waals surface area contributed by atoms with Crippen molar-refractivity contribution in [2.24, 2.45) is 0 Å². The molecule has 0 amide bonds. The number of nitro groups is 1. The van der Waals surface area contributed by atoms with Crippen LogP contribution in [0, 0.1) is 17.0 Å². The Balaban J connectivity index is 3.52. The first-order valence-corrected chi connectivity index (χ1v) is 3.92. The van der Waals surface area contributed by atoms with Crippen molar-refractivity contribution in [1.82, 2.24) is 0 Å². The molecule has 1 aromatic carbocycles. The van der Waals surface area contributed by atoms with E-state index in [1.165, 1.54) is 19.1 Å². The predicted octanol–water partition coefficient (Wildman–Crippen LogP) is 1.81. The van der Waals surface area contributed by atoms with Crippen molar-refractivity contribution in [3.05, 3.63) is 33.4 Å². The number of aromatic hydroxyl groups is 1. The second-order valence-corrected chi connectivity index (χ2v) is 2.99. The molecule has 0 aliphatic rings. The molecule has 1 aromatic rings. The van der Waals surface area contributed by atoms with Crippen molar-refractivity contribution in [2.45, 2.75) is 13.8 Å². The van der Waals surface area contributed by atoms with Crippen molar-refractivity contribution in [1.29, 1.82) is 0 Å². The molecule has 0 fully saturated rings. The van der Waals surface area contributed by atoms with E-state index in [4.69, 9.17) is 0 Å². The van der Waals surface area contributed by atoms with Gasteiger partial charge < -0.3 is 5.11 Å². The number of carbonyl (C=O) groups is 1. The second kappa shape index (κ2) is 3.45. The van der Waals surface area contributed by atoms with Crippen LogP contribution in [0.5, 0.6) is 5.75 Å². The first-order chi connectivity index (χ1) is 6.43. The van der Waals surface area contributed by atoms with Crippen LogP contribution in [0.4, 0.5) is 5.69 Å². The number of benzene rings is 1. The monoisotopic (exact) mass is 195 g/mol. The lowest BCUT2D eigenvalue weighted by Gasteiger charge is -2.02. The maximum Gasteiger partial charge on any atom is 0.321 e. The number of carbonyl (C=O) groups excluding carboxylic acids is 1. The zero-order valence-corrected chi connectivity index (χ0v) is 7.77. The topological polar surface area (TPSA) is 80.4 Å². The van der Waals surface area contributed by atoms with E-state index < -0.39 is 22.1 Å². The Morgan fingerprint density at radius 1 is 1.50 bits per heavy atom. The van der Waals surface area contributed by atoms with Gasteiger partial charge in [0, 0.05) is 0 Å². The number of hydrogen-bond acceptors (Lipinski definition) is 4. The summed E-state index contributed by atoms with van der Waals surface area (Å²) in [5, 5.41) is 19.8. The summed E-state index contributed by atoms with van der Waals surface area (Å²) in [6, 6.07) is 2.64. The molecule has 0 heterocycles. The van der Waals surface area contributed by atoms with Crippen molar-refractivity contribution < 1.29 is 14.8 Å². The van der Waals surface area contributed by atoms with Crippen molar-refractivity contribution in [3.63, 3.8) is 0 Å². The van der Waals surface area contributed by atoms with Crippen molar-refractivity contribution in [2.75, 3.05) is 0 Å². The van der Waals surface area contributed by atoms with Crippen LogP contribution >= 0.6 is 0 Å². The van der Waals surface area contributed by atoms with Crippen LogP contribution in [0.1, 0.15) is 22.8 Å². The summed E-state index contributed by atoms with van der Waals surface area (Å²) >= 11 is 0. The Morgan fingerprint density at radius 3 is 2.50 bits per heavy atom. The molecular formula is C9H9NO4. The van der Waals surface area contributed by atoms with Crippen LogP contribution < -0.4 is 0 Å². The summed E-state index contributed by atoms with van der Waals surface area (Å²) in [7, 11) is 0. The number of Topliss-reactive ketones (excluding diaryl/α,β-unsaturated/α-hetero) is 1. The first kappa shape index (κ1) is 10.2. The molecule has 0 spiro atoms. The number of nitrogens with zero attached hydrogens (tertiary/aromatic N) is 1. The highest BCUT2D eigenvalue weighted by atomic mass is 16.6. The number of hydrogen-bond donors (Lipinski definition) is 1. The molecule has 0 saturated heterocycles. The highest BCUT2D eigenvalue weighted by Crippen LogP contribution is 2.31. The third-order valence-electron chi connectivity index (χ3n) is 1.80. The number of phenolic OH excluding ortho intramolecular Hbond substituents is 1. The summed E-state index contributed by atoms with van der Waals surface area (Å²) in [4.78, 5) is 20.9. The maximum absolute atomic E-state index is 11.1. The largest absolute Gasteiger partial charge is 0.502 e. The zero-order valence-electron chi connectivity index (χ0n) is 7.77. The van der Waals surface area contributed by atoms with Gasteiger partial charge in [0.25, 0.3) is 0 Å². The highest BCUT2D eigenvalue weighted by Gasteiger charge is 2.22. The Kier molecular flexibility index (Phi) is 2.51. The Labute approximate surface area is 80.1 Å². The van der Waals surface area contributed by atoms with E-state index in [0.717, 1.165) is 0 Å². The van der Waals surface area contributed by atoms with Crippen LogP contribution in [0.15, 0.2) is 12.1 Å². The third kappa shape index (κ3) is 1.71. The zero-order chi connectivity index (χ0) is 10.9. The average Bonchev–Trinajstić information content (AvgIpc) is 2.01. The molecule has 0 saturated carbocycles. The number of rotatable bonds is 2. The fraction of sp³-hybridized carbons (Fsp3) is 0.222. The van der Waals surface area contributed by atoms with Crippen LogP contribution in [-0.4, -0.2) is 15.8 Å². The molecule has 0 aliphatic heterocycles. The smallest absolute Gasteiger partial charge is 0.321 e. The molecular weight excluding hydrogens is 186 g/mol. The summed E-state index contributed by atoms with van der Waals surface area (Å²) in [6.45, 7) is 2.87. The summed E-state index contributed by atoms with van der Waals surface area (Å²) in [6.07, 6.45) is 0. The van der Waals surface area contributed by atoms with Crippen molar-refractivity contribution >= 4 is 11.5 Å². The molecule has 74 valence electrons. The van der Waals surface area contributed by atoms with E-state index in [-0.39, 0.29) is 5.56 Å². The molecule has 0 atom stereocenters. The van der Waals surface area contributed by atoms with Crippen LogP contribution in [0.25, 0.3) is 0 Å². The van der Waals surface area contributed by atoms with Crippen LogP contribution in [0.3, 0.4) is 0 Å². The lowest BCUT2D eigenvalue weighted by molar-refractivity contribution is -0.386. The standard InChI is InChI=1S/C9H9NO4/c1-5-3-7(6(2)11)9(10(13)14)8(12)4-5/h3-4,12H,1-2H3. The Hall–Kier alpha value is -1.91. The minimum Gasteiger partial charge on any atom is -0.502 e. The second-order valence-electron chi connectivity index (χ2n) is 2.99. The Bertz CT molecular complexity index is 412. The maximum atomic E-state index is 11.1. The van der Waals surface area contributed by atoms with Gasteiger partial charge in [0.05, 0.1) is 10.5 Å². The average molecular weight is 195 g/mol. The van der Waals surface area contributed by atoms with Crippen LogP contribution in [-0.2, 0) is 0 Å². The van der Waals surface area contributed by atoms with Gasteiger partial charge >= 0.3 is 5.69 Å². The predicted molar refractivity (Wildman–Crippen MR) is 49.5 cm³/mol. The van der Waals surface area contributed by atoms with Gasteiger partial charge in [-0.25, -0.2) is 0 Å². The quantitative estimate of drug-likeness (QED) is 0.443. The number of ketones is 1. The minimum absolute atomic E-state index is 0.0625. The molecule has 0 unspecified atom stereocenters. The summed E-state index contributed by atoms with van der Waals surface area (Å²) < 4.78 is 0. The Morgan fingerprint density at radius 2 is 2.07 bits per heavy atom.